The lowest BCUT2D eigenvalue weighted by Crippen LogP contribution is -1.93. The molecule has 1 heterocycles. The third kappa shape index (κ3) is 1.94. The van der Waals surface area contributed by atoms with Gasteiger partial charge in [0, 0.05) is 18.1 Å². The molecule has 0 saturated heterocycles. The molecule has 2 heteroatoms. The zero-order valence-electron chi connectivity index (χ0n) is 9.00. The molecular formula is C13H14FN. The summed E-state index contributed by atoms with van der Waals surface area (Å²) in [5.74, 6) is -0.150. The molecule has 1 nitrogen and oxygen atoms in total. The number of fused-ring (bicyclic) bond motifs is 1. The minimum atomic E-state index is -0.150. The Labute approximate surface area is 88.8 Å². The summed E-state index contributed by atoms with van der Waals surface area (Å²) in [4.78, 5) is 0. The quantitative estimate of drug-likeness (QED) is 0.655. The number of aromatic nitrogens is 1. The normalized spacial score (nSPS) is 10.6. The van der Waals surface area contributed by atoms with Crippen LogP contribution < -0.4 is 0 Å². The highest BCUT2D eigenvalue weighted by molar-refractivity contribution is 5.80. The summed E-state index contributed by atoms with van der Waals surface area (Å²) >= 11 is 0. The van der Waals surface area contributed by atoms with Gasteiger partial charge in [-0.05, 0) is 32.0 Å². The van der Waals surface area contributed by atoms with Crippen molar-refractivity contribution in [3.63, 3.8) is 0 Å². The maximum absolute atomic E-state index is 13.4. The van der Waals surface area contributed by atoms with Gasteiger partial charge in [0.15, 0.2) is 0 Å². The Morgan fingerprint density at radius 3 is 2.87 bits per heavy atom. The van der Waals surface area contributed by atoms with Gasteiger partial charge in [-0.1, -0.05) is 17.7 Å². The molecule has 2 aromatic rings. The molecule has 2 rings (SSSR count). The molecule has 0 unspecified atom stereocenters. The molecule has 0 aliphatic heterocycles. The van der Waals surface area contributed by atoms with E-state index < -0.39 is 0 Å². The first-order valence-electron chi connectivity index (χ1n) is 5.05. The number of hydrogen-bond acceptors (Lipinski definition) is 0. The van der Waals surface area contributed by atoms with E-state index in [4.69, 9.17) is 0 Å². The highest BCUT2D eigenvalue weighted by Gasteiger charge is 2.03. The first-order chi connectivity index (χ1) is 7.18. The van der Waals surface area contributed by atoms with Crippen LogP contribution in [0.1, 0.15) is 13.8 Å². The summed E-state index contributed by atoms with van der Waals surface area (Å²) in [6, 6.07) is 7.00. The van der Waals surface area contributed by atoms with E-state index in [9.17, 15) is 4.39 Å². The Balaban J connectivity index is 2.45. The Kier molecular flexibility index (Phi) is 2.58. The van der Waals surface area contributed by atoms with Gasteiger partial charge in [0.05, 0.1) is 5.52 Å². The number of rotatable bonds is 2. The number of benzene rings is 1. The van der Waals surface area contributed by atoms with Crippen molar-refractivity contribution in [2.75, 3.05) is 0 Å². The molecule has 0 radical (unpaired) electrons. The first kappa shape index (κ1) is 9.97. The lowest BCUT2D eigenvalue weighted by Gasteiger charge is -2.01. The number of hydrogen-bond donors (Lipinski definition) is 0. The van der Waals surface area contributed by atoms with E-state index in [1.807, 2.05) is 22.9 Å². The van der Waals surface area contributed by atoms with Crippen molar-refractivity contribution in [2.24, 2.45) is 0 Å². The summed E-state index contributed by atoms with van der Waals surface area (Å²) in [5.41, 5.74) is 2.22. The Hall–Kier alpha value is -1.57. The second-order valence-corrected chi connectivity index (χ2v) is 3.92. The van der Waals surface area contributed by atoms with E-state index in [2.05, 4.69) is 19.9 Å². The van der Waals surface area contributed by atoms with Crippen LogP contribution in [0.15, 0.2) is 42.1 Å². The molecule has 0 spiro atoms. The average molecular weight is 203 g/mol. The van der Waals surface area contributed by atoms with Crippen molar-refractivity contribution in [2.45, 2.75) is 20.4 Å². The number of nitrogens with zero attached hydrogens (tertiary/aromatic N) is 1. The third-order valence-corrected chi connectivity index (χ3v) is 2.46. The summed E-state index contributed by atoms with van der Waals surface area (Å²) in [7, 11) is 0. The summed E-state index contributed by atoms with van der Waals surface area (Å²) in [6.07, 6.45) is 4.05. The Morgan fingerprint density at radius 2 is 2.13 bits per heavy atom. The SMILES string of the molecule is CC(C)=CCn1ccc2c(F)cccc21. The highest BCUT2D eigenvalue weighted by atomic mass is 19.1. The largest absolute Gasteiger partial charge is 0.344 e. The second kappa shape index (κ2) is 3.89. The van der Waals surface area contributed by atoms with E-state index in [1.54, 1.807) is 6.07 Å². The molecule has 15 heavy (non-hydrogen) atoms. The van der Waals surface area contributed by atoms with Gasteiger partial charge in [0.25, 0.3) is 0 Å². The fourth-order valence-corrected chi connectivity index (χ4v) is 1.63. The van der Waals surface area contributed by atoms with Gasteiger partial charge in [-0.2, -0.15) is 0 Å². The minimum absolute atomic E-state index is 0.150. The summed E-state index contributed by atoms with van der Waals surface area (Å²) in [6.45, 7) is 4.92. The van der Waals surface area contributed by atoms with E-state index in [0.29, 0.717) is 5.39 Å². The maximum Gasteiger partial charge on any atom is 0.132 e. The smallest absolute Gasteiger partial charge is 0.132 e. The fourth-order valence-electron chi connectivity index (χ4n) is 1.63. The molecule has 0 atom stereocenters. The minimum Gasteiger partial charge on any atom is -0.344 e. The molecule has 78 valence electrons. The van der Waals surface area contributed by atoms with E-state index >= 15 is 0 Å². The lowest BCUT2D eigenvalue weighted by molar-refractivity contribution is 0.639. The second-order valence-electron chi connectivity index (χ2n) is 3.92. The highest BCUT2D eigenvalue weighted by Crippen LogP contribution is 2.18. The van der Waals surface area contributed by atoms with E-state index in [1.165, 1.54) is 11.6 Å². The standard InChI is InChI=1S/C13H14FN/c1-10(2)6-8-15-9-7-11-12(14)4-3-5-13(11)15/h3-7,9H,8H2,1-2H3. The topological polar surface area (TPSA) is 4.93 Å². The predicted octanol–water partition coefficient (Wildman–Crippen LogP) is 3.75. The van der Waals surface area contributed by atoms with E-state index in [0.717, 1.165) is 12.1 Å². The molecule has 0 saturated carbocycles. The van der Waals surface area contributed by atoms with Crippen LogP contribution in [0.3, 0.4) is 0 Å². The van der Waals surface area contributed by atoms with Crippen molar-refractivity contribution in [1.29, 1.82) is 0 Å². The van der Waals surface area contributed by atoms with Gasteiger partial charge >= 0.3 is 0 Å². The van der Waals surface area contributed by atoms with Crippen LogP contribution in [-0.2, 0) is 6.54 Å². The Bertz CT molecular complexity index is 504. The van der Waals surface area contributed by atoms with Gasteiger partial charge in [-0.3, -0.25) is 0 Å². The van der Waals surface area contributed by atoms with Crippen LogP contribution in [0.25, 0.3) is 10.9 Å². The lowest BCUT2D eigenvalue weighted by atomic mass is 10.2. The van der Waals surface area contributed by atoms with Gasteiger partial charge in [-0.25, -0.2) is 4.39 Å². The zero-order valence-corrected chi connectivity index (χ0v) is 9.00. The molecular weight excluding hydrogens is 189 g/mol. The molecule has 1 aromatic heterocycles. The van der Waals surface area contributed by atoms with E-state index in [-0.39, 0.29) is 5.82 Å². The van der Waals surface area contributed by atoms with Crippen molar-refractivity contribution < 1.29 is 4.39 Å². The molecule has 0 N–H and O–H groups in total. The van der Waals surface area contributed by atoms with Crippen LogP contribution in [0.4, 0.5) is 4.39 Å². The van der Waals surface area contributed by atoms with Gasteiger partial charge < -0.3 is 4.57 Å². The van der Waals surface area contributed by atoms with Crippen LogP contribution in [0, 0.1) is 5.82 Å². The van der Waals surface area contributed by atoms with Crippen molar-refractivity contribution in [3.8, 4) is 0 Å². The van der Waals surface area contributed by atoms with Gasteiger partial charge in [0.2, 0.25) is 0 Å². The Morgan fingerprint density at radius 1 is 1.33 bits per heavy atom. The molecule has 0 fully saturated rings. The summed E-state index contributed by atoms with van der Waals surface area (Å²) in [5, 5.41) is 0.694. The fraction of sp³-hybridized carbons (Fsp3) is 0.231. The van der Waals surface area contributed by atoms with Crippen molar-refractivity contribution in [1.82, 2.24) is 4.57 Å². The first-order valence-corrected chi connectivity index (χ1v) is 5.05. The zero-order chi connectivity index (χ0) is 10.8. The van der Waals surface area contributed by atoms with Gasteiger partial charge in [0.1, 0.15) is 5.82 Å². The number of allylic oxidation sites excluding steroid dienone is 2. The van der Waals surface area contributed by atoms with Crippen molar-refractivity contribution >= 4 is 10.9 Å². The summed E-state index contributed by atoms with van der Waals surface area (Å²) < 4.78 is 15.4. The third-order valence-electron chi connectivity index (χ3n) is 2.46. The van der Waals surface area contributed by atoms with Gasteiger partial charge in [-0.15, -0.1) is 0 Å². The average Bonchev–Trinajstić information content (AvgIpc) is 2.59. The van der Waals surface area contributed by atoms with Crippen LogP contribution in [-0.4, -0.2) is 4.57 Å². The van der Waals surface area contributed by atoms with Crippen LogP contribution in [0.5, 0.6) is 0 Å². The monoisotopic (exact) mass is 203 g/mol. The molecule has 1 aromatic carbocycles. The molecule has 0 aliphatic carbocycles. The van der Waals surface area contributed by atoms with Crippen LogP contribution >= 0.6 is 0 Å². The molecule has 0 bridgehead atoms. The van der Waals surface area contributed by atoms with Crippen LogP contribution in [0.2, 0.25) is 0 Å². The van der Waals surface area contributed by atoms with Crippen molar-refractivity contribution in [3.05, 3.63) is 47.9 Å². The number of halogens is 1. The maximum atomic E-state index is 13.4. The predicted molar refractivity (Wildman–Crippen MR) is 61.3 cm³/mol. The molecule has 0 aliphatic rings. The molecule has 0 amide bonds.